The number of aldehydes is 1. The number of quaternary nitrogens is 1. The molecule has 2 aromatic carbocycles. The molecule has 1 aromatic heterocycles. The molecule has 1 amide bonds. The number of nitrogens with one attached hydrogen (secondary N) is 2. The van der Waals surface area contributed by atoms with Crippen molar-refractivity contribution in [2.24, 2.45) is 0 Å². The van der Waals surface area contributed by atoms with Crippen LogP contribution in [0.15, 0.2) is 48.5 Å². The first-order chi connectivity index (χ1) is 14.9. The Balaban J connectivity index is 1.59. The maximum atomic E-state index is 13.0. The minimum atomic E-state index is -1.25. The third-order valence-electron chi connectivity index (χ3n) is 5.59. The molecular formula is C20H18N6O4S. The molecule has 3 unspecified atom stereocenters. The lowest BCUT2D eigenvalue weighted by molar-refractivity contribution is -0.309. The lowest BCUT2D eigenvalue weighted by atomic mass is 10.1. The zero-order valence-corrected chi connectivity index (χ0v) is 17.2. The summed E-state index contributed by atoms with van der Waals surface area (Å²) in [5.74, 6) is -1.58. The maximum absolute atomic E-state index is 13.0. The molecule has 0 aliphatic carbocycles. The minimum Gasteiger partial charge on any atom is -0.544 e. The van der Waals surface area contributed by atoms with Crippen LogP contribution in [0.2, 0.25) is 0 Å². The quantitative estimate of drug-likeness (QED) is 0.239. The molecule has 3 atom stereocenters. The highest BCUT2D eigenvalue weighted by Crippen LogP contribution is 2.42. The van der Waals surface area contributed by atoms with Gasteiger partial charge in [-0.1, -0.05) is 16.4 Å². The van der Waals surface area contributed by atoms with E-state index in [0.29, 0.717) is 35.5 Å². The number of H-pyrrole nitrogens is 1. The predicted molar refractivity (Wildman–Crippen MR) is 112 cm³/mol. The molecule has 1 aliphatic heterocycles. The number of carbonyl (C=O) groups is 3. The van der Waals surface area contributed by atoms with E-state index in [1.807, 2.05) is 0 Å². The van der Waals surface area contributed by atoms with Crippen LogP contribution < -0.4 is 14.9 Å². The fourth-order valence-corrected chi connectivity index (χ4v) is 3.99. The molecule has 0 bridgehead atoms. The van der Waals surface area contributed by atoms with Gasteiger partial charge in [-0.15, -0.1) is 0 Å². The van der Waals surface area contributed by atoms with Crippen LogP contribution in [0, 0.1) is 4.77 Å². The van der Waals surface area contributed by atoms with Gasteiger partial charge in [0.05, 0.1) is 11.7 Å². The summed E-state index contributed by atoms with van der Waals surface area (Å²) in [6.07, 6.45) is 0.706. The van der Waals surface area contributed by atoms with Crippen molar-refractivity contribution in [3.8, 4) is 5.69 Å². The number of hydrogen-bond donors (Lipinski definition) is 2. The van der Waals surface area contributed by atoms with Gasteiger partial charge in [-0.3, -0.25) is 14.1 Å². The molecule has 31 heavy (non-hydrogen) atoms. The van der Waals surface area contributed by atoms with E-state index in [-0.39, 0.29) is 15.2 Å². The highest BCUT2D eigenvalue weighted by Gasteiger charge is 2.64. The number of aromatic amines is 1. The number of aromatic nitrogens is 4. The van der Waals surface area contributed by atoms with Crippen LogP contribution in [0.1, 0.15) is 17.3 Å². The Labute approximate surface area is 181 Å². The molecule has 1 aliphatic rings. The van der Waals surface area contributed by atoms with E-state index in [0.717, 1.165) is 0 Å². The summed E-state index contributed by atoms with van der Waals surface area (Å²) in [5.41, 5.74) is 2.25. The first-order valence-electron chi connectivity index (χ1n) is 9.42. The van der Waals surface area contributed by atoms with Crippen molar-refractivity contribution in [1.82, 2.24) is 24.7 Å². The zero-order chi connectivity index (χ0) is 22.2. The molecule has 0 spiro atoms. The molecule has 2 heterocycles. The summed E-state index contributed by atoms with van der Waals surface area (Å²) >= 11 is 5.09. The van der Waals surface area contributed by atoms with Crippen molar-refractivity contribution in [3.05, 3.63) is 58.9 Å². The number of hydrogen-bond acceptors (Lipinski definition) is 7. The largest absolute Gasteiger partial charge is 0.544 e. The molecule has 2 N–H and O–H groups in total. The normalized spacial score (nSPS) is 20.6. The van der Waals surface area contributed by atoms with Gasteiger partial charge in [0.25, 0.3) is 5.91 Å². The van der Waals surface area contributed by atoms with Gasteiger partial charge in [-0.25, -0.2) is 4.68 Å². The highest BCUT2D eigenvalue weighted by atomic mass is 32.1. The van der Waals surface area contributed by atoms with Crippen LogP contribution in [0.5, 0.6) is 0 Å². The van der Waals surface area contributed by atoms with Crippen molar-refractivity contribution in [1.29, 1.82) is 0 Å². The number of amides is 1. The number of carboxylic acid groups (broad SMARTS) is 1. The Hall–Kier alpha value is -3.70. The molecule has 158 valence electrons. The van der Waals surface area contributed by atoms with Gasteiger partial charge in [0.15, 0.2) is 0 Å². The second-order valence-electron chi connectivity index (χ2n) is 7.29. The van der Waals surface area contributed by atoms with E-state index in [1.165, 1.54) is 11.6 Å². The predicted octanol–water partition coefficient (Wildman–Crippen LogP) is 0.604. The van der Waals surface area contributed by atoms with E-state index in [4.69, 9.17) is 12.2 Å². The average Bonchev–Trinajstić information content (AvgIpc) is 3.39. The fourth-order valence-electron chi connectivity index (χ4n) is 3.80. The van der Waals surface area contributed by atoms with Gasteiger partial charge in [0.2, 0.25) is 10.8 Å². The summed E-state index contributed by atoms with van der Waals surface area (Å²) in [5, 5.41) is 24.5. The summed E-state index contributed by atoms with van der Waals surface area (Å²) in [7, 11) is 0. The lowest BCUT2D eigenvalue weighted by Gasteiger charge is -2.27. The van der Waals surface area contributed by atoms with Crippen LogP contribution in [0.3, 0.4) is 0 Å². The Bertz CT molecular complexity index is 1220. The molecule has 10 nitrogen and oxygen atoms in total. The molecular weight excluding hydrogens is 420 g/mol. The number of nitrogens with zero attached hydrogens (tertiary/aromatic N) is 4. The van der Waals surface area contributed by atoms with Crippen LogP contribution in [-0.4, -0.2) is 57.0 Å². The van der Waals surface area contributed by atoms with E-state index < -0.39 is 18.1 Å². The van der Waals surface area contributed by atoms with Crippen molar-refractivity contribution >= 4 is 41.8 Å². The Morgan fingerprint density at radius 1 is 1.32 bits per heavy atom. The highest BCUT2D eigenvalue weighted by molar-refractivity contribution is 7.71. The van der Waals surface area contributed by atoms with Crippen molar-refractivity contribution in [3.63, 3.8) is 0 Å². The van der Waals surface area contributed by atoms with Crippen LogP contribution in [-0.2, 0) is 9.59 Å². The summed E-state index contributed by atoms with van der Waals surface area (Å²) < 4.78 is 1.64. The van der Waals surface area contributed by atoms with Crippen LogP contribution in [0.25, 0.3) is 5.69 Å². The van der Waals surface area contributed by atoms with Crippen molar-refractivity contribution < 1.29 is 19.5 Å². The molecule has 1 fully saturated rings. The van der Waals surface area contributed by atoms with Crippen LogP contribution in [0.4, 0.5) is 11.4 Å². The number of carboxylic acids is 1. The fraction of sp³-hybridized carbons (Fsp3) is 0.200. The lowest BCUT2D eigenvalue weighted by Crippen LogP contribution is -2.52. The smallest absolute Gasteiger partial charge is 0.289 e. The Morgan fingerprint density at radius 2 is 2.06 bits per heavy atom. The third kappa shape index (κ3) is 3.64. The number of anilines is 1. The van der Waals surface area contributed by atoms with Gasteiger partial charge in [-0.2, -0.15) is 5.21 Å². The number of aliphatic carboxylic acids is 1. The molecule has 11 heteroatoms. The summed E-state index contributed by atoms with van der Waals surface area (Å²) in [6, 6.07) is 11.9. The molecule has 1 saturated heterocycles. The molecule has 0 radical (unpaired) electrons. The SMILES string of the molecule is CC(C(=O)[O-])[N+]1(c2ccc(C=O)cc2)CC1C(=O)Nc1cccc(-n2[nH]nnc2=S)c1. The average molecular weight is 438 g/mol. The third-order valence-corrected chi connectivity index (χ3v) is 5.85. The van der Waals surface area contributed by atoms with Crippen molar-refractivity contribution in [2.45, 2.75) is 19.0 Å². The van der Waals surface area contributed by atoms with Gasteiger partial charge < -0.3 is 15.2 Å². The Kier molecular flexibility index (Phi) is 5.21. The first kappa shape index (κ1) is 20.6. The van der Waals surface area contributed by atoms with E-state index >= 15 is 0 Å². The Morgan fingerprint density at radius 3 is 2.68 bits per heavy atom. The van der Waals surface area contributed by atoms with Gasteiger partial charge in [0, 0.05) is 11.3 Å². The number of rotatable bonds is 7. The second-order valence-corrected chi connectivity index (χ2v) is 7.66. The monoisotopic (exact) mass is 438 g/mol. The summed E-state index contributed by atoms with van der Waals surface area (Å²) in [4.78, 5) is 35.6. The number of tetrazole rings is 1. The van der Waals surface area contributed by atoms with Crippen molar-refractivity contribution in [2.75, 3.05) is 11.9 Å². The topological polar surface area (TPSA) is 133 Å². The molecule has 4 rings (SSSR count). The van der Waals surface area contributed by atoms with Gasteiger partial charge in [0.1, 0.15) is 24.6 Å². The van der Waals surface area contributed by atoms with Crippen LogP contribution >= 0.6 is 12.2 Å². The number of benzene rings is 2. The molecule has 0 saturated carbocycles. The number of carbonyl (C=O) groups excluding carboxylic acids is 3. The second kappa shape index (κ2) is 7.85. The molecule has 3 aromatic rings. The maximum Gasteiger partial charge on any atom is 0.289 e. The standard InChI is InChI=1S/C20H18N6O4S/c1-12(19(29)30)26(16-7-5-13(11-27)6-8-16)10-17(26)18(28)21-14-3-2-4-15(9-14)25-20(31)22-23-24-25/h2-9,11-12,17H,10H2,1H3,(H2-,21,22,24,28,29,30,31). The first-order valence-corrected chi connectivity index (χ1v) is 9.83. The summed E-state index contributed by atoms with van der Waals surface area (Å²) in [6.45, 7) is 1.82. The zero-order valence-electron chi connectivity index (χ0n) is 16.4. The van der Waals surface area contributed by atoms with Gasteiger partial charge >= 0.3 is 0 Å². The van der Waals surface area contributed by atoms with E-state index in [2.05, 4.69) is 20.8 Å². The van der Waals surface area contributed by atoms with Gasteiger partial charge in [-0.05, 0) is 61.6 Å². The van der Waals surface area contributed by atoms with E-state index in [1.54, 1.807) is 48.5 Å². The van der Waals surface area contributed by atoms with E-state index in [9.17, 15) is 19.5 Å². The minimum absolute atomic E-state index is 0.0808.